The first-order valence-corrected chi connectivity index (χ1v) is 7.52. The topological polar surface area (TPSA) is 55.1 Å². The fourth-order valence-electron chi connectivity index (χ4n) is 3.00. The number of benzene rings is 1. The van der Waals surface area contributed by atoms with Crippen molar-refractivity contribution in [3.8, 4) is 5.69 Å². The number of aromatic nitrogens is 2. The van der Waals surface area contributed by atoms with Gasteiger partial charge in [0.15, 0.2) is 5.69 Å². The average molecular weight is 284 g/mol. The molecule has 0 saturated heterocycles. The normalized spacial score (nSPS) is 14.2. The van der Waals surface area contributed by atoms with Gasteiger partial charge in [0, 0.05) is 11.3 Å². The third-order valence-corrected chi connectivity index (χ3v) is 4.16. The zero-order valence-electron chi connectivity index (χ0n) is 12.5. The van der Waals surface area contributed by atoms with Gasteiger partial charge in [-0.2, -0.15) is 5.10 Å². The standard InChI is InChI=1S/C17H20N2O2/c1-11(2)12-6-5-7-13(10-12)19-15-9-4-3-8-14(15)16(18-19)17(20)21/h5-7,10-11H,3-4,8-9H2,1-2H3,(H,20,21). The van der Waals surface area contributed by atoms with Crippen molar-refractivity contribution in [3.05, 3.63) is 46.8 Å². The Bertz CT molecular complexity index is 686. The lowest BCUT2D eigenvalue weighted by molar-refractivity contribution is 0.0688. The molecule has 1 aromatic carbocycles. The third-order valence-electron chi connectivity index (χ3n) is 4.16. The second-order valence-electron chi connectivity index (χ2n) is 5.95. The summed E-state index contributed by atoms with van der Waals surface area (Å²) in [6.07, 6.45) is 3.87. The summed E-state index contributed by atoms with van der Waals surface area (Å²) in [5, 5.41) is 13.7. The molecule has 1 heterocycles. The number of rotatable bonds is 3. The molecule has 0 bridgehead atoms. The molecule has 0 spiro atoms. The Kier molecular flexibility index (Phi) is 3.53. The maximum Gasteiger partial charge on any atom is 0.356 e. The number of hydrogen-bond acceptors (Lipinski definition) is 2. The number of fused-ring (bicyclic) bond motifs is 1. The molecule has 4 heteroatoms. The minimum Gasteiger partial charge on any atom is -0.476 e. The monoisotopic (exact) mass is 284 g/mol. The minimum atomic E-state index is -0.924. The lowest BCUT2D eigenvalue weighted by Gasteiger charge is -2.15. The number of aromatic carboxylic acids is 1. The van der Waals surface area contributed by atoms with Crippen molar-refractivity contribution in [2.24, 2.45) is 0 Å². The second-order valence-corrected chi connectivity index (χ2v) is 5.95. The largest absolute Gasteiger partial charge is 0.476 e. The Balaban J connectivity index is 2.14. The van der Waals surface area contributed by atoms with E-state index in [1.54, 1.807) is 0 Å². The zero-order valence-corrected chi connectivity index (χ0v) is 12.5. The highest BCUT2D eigenvalue weighted by atomic mass is 16.4. The highest BCUT2D eigenvalue weighted by Crippen LogP contribution is 2.28. The molecule has 1 N–H and O–H groups in total. The summed E-state index contributed by atoms with van der Waals surface area (Å²) in [5.74, 6) is -0.484. The van der Waals surface area contributed by atoms with Crippen LogP contribution in [0.1, 0.15) is 59.9 Å². The van der Waals surface area contributed by atoms with Crippen molar-refractivity contribution in [3.63, 3.8) is 0 Å². The van der Waals surface area contributed by atoms with Gasteiger partial charge in [0.05, 0.1) is 5.69 Å². The van der Waals surface area contributed by atoms with Gasteiger partial charge in [-0.15, -0.1) is 0 Å². The maximum atomic E-state index is 11.4. The van der Waals surface area contributed by atoms with Crippen LogP contribution >= 0.6 is 0 Å². The van der Waals surface area contributed by atoms with E-state index in [1.165, 1.54) is 5.56 Å². The van der Waals surface area contributed by atoms with Crippen LogP contribution in [0.2, 0.25) is 0 Å². The van der Waals surface area contributed by atoms with E-state index >= 15 is 0 Å². The van der Waals surface area contributed by atoms with Crippen molar-refractivity contribution in [2.75, 3.05) is 0 Å². The molecule has 1 aliphatic carbocycles. The Morgan fingerprint density at radius 1 is 1.29 bits per heavy atom. The highest BCUT2D eigenvalue weighted by Gasteiger charge is 2.25. The van der Waals surface area contributed by atoms with E-state index in [1.807, 2.05) is 16.8 Å². The molecule has 0 radical (unpaired) electrons. The predicted octanol–water partition coefficient (Wildman–Crippen LogP) is 3.57. The first-order chi connectivity index (χ1) is 10.1. The number of hydrogen-bond donors (Lipinski definition) is 1. The average Bonchev–Trinajstić information content (AvgIpc) is 2.87. The Labute approximate surface area is 124 Å². The molecule has 1 aromatic heterocycles. The molecule has 0 fully saturated rings. The Morgan fingerprint density at radius 2 is 2.05 bits per heavy atom. The third kappa shape index (κ3) is 2.46. The van der Waals surface area contributed by atoms with E-state index in [0.717, 1.165) is 42.6 Å². The van der Waals surface area contributed by atoms with Crippen LogP contribution in [-0.4, -0.2) is 20.9 Å². The van der Waals surface area contributed by atoms with Gasteiger partial charge in [-0.1, -0.05) is 26.0 Å². The van der Waals surface area contributed by atoms with Crippen molar-refractivity contribution in [1.29, 1.82) is 0 Å². The number of carboxylic acid groups (broad SMARTS) is 1. The zero-order chi connectivity index (χ0) is 15.0. The smallest absolute Gasteiger partial charge is 0.356 e. The molecule has 0 amide bonds. The molecule has 4 nitrogen and oxygen atoms in total. The fourth-order valence-corrected chi connectivity index (χ4v) is 3.00. The lowest BCUT2D eigenvalue weighted by atomic mass is 9.95. The summed E-state index contributed by atoms with van der Waals surface area (Å²) in [4.78, 5) is 11.4. The van der Waals surface area contributed by atoms with E-state index in [2.05, 4.69) is 31.1 Å². The van der Waals surface area contributed by atoms with Crippen molar-refractivity contribution < 1.29 is 9.90 Å². The van der Waals surface area contributed by atoms with Crippen LogP contribution in [-0.2, 0) is 12.8 Å². The van der Waals surface area contributed by atoms with Gasteiger partial charge in [0.1, 0.15) is 0 Å². The predicted molar refractivity (Wildman–Crippen MR) is 81.3 cm³/mol. The van der Waals surface area contributed by atoms with Gasteiger partial charge in [-0.05, 0) is 49.3 Å². The Morgan fingerprint density at radius 3 is 2.76 bits per heavy atom. The fraction of sp³-hybridized carbons (Fsp3) is 0.412. The van der Waals surface area contributed by atoms with Crippen molar-refractivity contribution in [2.45, 2.75) is 45.4 Å². The molecule has 2 aromatic rings. The van der Waals surface area contributed by atoms with Crippen LogP contribution in [0.3, 0.4) is 0 Å². The molecular formula is C17H20N2O2. The molecule has 0 saturated carbocycles. The quantitative estimate of drug-likeness (QED) is 0.937. The van der Waals surface area contributed by atoms with Gasteiger partial charge in [0.2, 0.25) is 0 Å². The summed E-state index contributed by atoms with van der Waals surface area (Å²) in [6.45, 7) is 4.31. The first-order valence-electron chi connectivity index (χ1n) is 7.52. The molecular weight excluding hydrogens is 264 g/mol. The molecule has 110 valence electrons. The molecule has 21 heavy (non-hydrogen) atoms. The van der Waals surface area contributed by atoms with Crippen LogP contribution in [0.5, 0.6) is 0 Å². The van der Waals surface area contributed by atoms with Gasteiger partial charge >= 0.3 is 5.97 Å². The number of nitrogens with zero attached hydrogens (tertiary/aromatic N) is 2. The second kappa shape index (κ2) is 5.35. The molecule has 0 unspecified atom stereocenters. The number of carboxylic acids is 1. The lowest BCUT2D eigenvalue weighted by Crippen LogP contribution is -2.08. The summed E-state index contributed by atoms with van der Waals surface area (Å²) in [5.41, 5.74) is 4.42. The van der Waals surface area contributed by atoms with E-state index in [-0.39, 0.29) is 5.69 Å². The molecule has 0 aliphatic heterocycles. The Hall–Kier alpha value is -2.10. The van der Waals surface area contributed by atoms with Crippen LogP contribution in [0.25, 0.3) is 5.69 Å². The molecule has 1 aliphatic rings. The minimum absolute atomic E-state index is 0.222. The molecule has 3 rings (SSSR count). The van der Waals surface area contributed by atoms with E-state index in [0.29, 0.717) is 5.92 Å². The van der Waals surface area contributed by atoms with Crippen molar-refractivity contribution >= 4 is 5.97 Å². The summed E-state index contributed by atoms with van der Waals surface area (Å²) in [7, 11) is 0. The van der Waals surface area contributed by atoms with Gasteiger partial charge in [-0.3, -0.25) is 0 Å². The van der Waals surface area contributed by atoms with Crippen LogP contribution in [0.15, 0.2) is 24.3 Å². The van der Waals surface area contributed by atoms with Crippen LogP contribution < -0.4 is 0 Å². The van der Waals surface area contributed by atoms with Gasteiger partial charge < -0.3 is 5.11 Å². The molecule has 0 atom stereocenters. The summed E-state index contributed by atoms with van der Waals surface area (Å²) in [6, 6.07) is 8.22. The SMILES string of the molecule is CC(C)c1cccc(-n2nc(C(=O)O)c3c2CCCC3)c1. The first kappa shape index (κ1) is 13.9. The summed E-state index contributed by atoms with van der Waals surface area (Å²) >= 11 is 0. The maximum absolute atomic E-state index is 11.4. The van der Waals surface area contributed by atoms with Crippen LogP contribution in [0, 0.1) is 0 Å². The summed E-state index contributed by atoms with van der Waals surface area (Å²) < 4.78 is 1.84. The number of carbonyl (C=O) groups is 1. The van der Waals surface area contributed by atoms with E-state index in [9.17, 15) is 9.90 Å². The van der Waals surface area contributed by atoms with Gasteiger partial charge in [-0.25, -0.2) is 9.48 Å². The highest BCUT2D eigenvalue weighted by molar-refractivity contribution is 5.87. The van der Waals surface area contributed by atoms with Crippen molar-refractivity contribution in [1.82, 2.24) is 9.78 Å². The van der Waals surface area contributed by atoms with Crippen LogP contribution in [0.4, 0.5) is 0 Å². The van der Waals surface area contributed by atoms with Gasteiger partial charge in [0.25, 0.3) is 0 Å². The van der Waals surface area contributed by atoms with E-state index < -0.39 is 5.97 Å². The van der Waals surface area contributed by atoms with E-state index in [4.69, 9.17) is 0 Å².